The maximum Gasteiger partial charge on any atom is 0.261 e. The van der Waals surface area contributed by atoms with Crippen molar-refractivity contribution in [2.75, 3.05) is 13.7 Å². The number of hydrogen-bond acceptors (Lipinski definition) is 4. The van der Waals surface area contributed by atoms with Gasteiger partial charge in [-0.2, -0.15) is 0 Å². The van der Waals surface area contributed by atoms with E-state index in [0.717, 1.165) is 11.1 Å². The molecule has 0 aliphatic rings. The third kappa shape index (κ3) is 7.76. The zero-order valence-corrected chi connectivity index (χ0v) is 21.0. The molecule has 0 aliphatic carbocycles. The van der Waals surface area contributed by atoms with Crippen molar-refractivity contribution in [3.05, 3.63) is 95.0 Å². The molecule has 0 saturated carbocycles. The lowest BCUT2D eigenvalue weighted by atomic mass is 10.0. The Morgan fingerprint density at radius 2 is 1.57 bits per heavy atom. The molecule has 0 aromatic heterocycles. The molecule has 3 aromatic rings. The van der Waals surface area contributed by atoms with Crippen molar-refractivity contribution in [2.45, 2.75) is 38.9 Å². The average molecular weight is 495 g/mol. The quantitative estimate of drug-likeness (QED) is 0.412. The summed E-state index contributed by atoms with van der Waals surface area (Å²) in [5, 5.41) is 3.53. The summed E-state index contributed by atoms with van der Waals surface area (Å²) < 4.78 is 11.1. The van der Waals surface area contributed by atoms with Gasteiger partial charge in [0.2, 0.25) is 5.91 Å². The van der Waals surface area contributed by atoms with Crippen LogP contribution in [0.2, 0.25) is 5.02 Å². The maximum atomic E-state index is 13.6. The first-order chi connectivity index (χ1) is 16.9. The second kappa shape index (κ2) is 12.8. The largest absolute Gasteiger partial charge is 0.493 e. The summed E-state index contributed by atoms with van der Waals surface area (Å²) in [6.45, 7) is 3.75. The van der Waals surface area contributed by atoms with Crippen LogP contribution in [0.4, 0.5) is 0 Å². The van der Waals surface area contributed by atoms with Crippen LogP contribution in [0.5, 0.6) is 11.5 Å². The van der Waals surface area contributed by atoms with Crippen molar-refractivity contribution in [2.24, 2.45) is 0 Å². The summed E-state index contributed by atoms with van der Waals surface area (Å²) in [6, 6.07) is 23.2. The Morgan fingerprint density at radius 1 is 0.914 bits per heavy atom. The smallest absolute Gasteiger partial charge is 0.261 e. The van der Waals surface area contributed by atoms with Crippen LogP contribution in [0, 0.1) is 0 Å². The fraction of sp³-hybridized carbons (Fsp3) is 0.286. The van der Waals surface area contributed by atoms with E-state index in [4.69, 9.17) is 21.1 Å². The highest BCUT2D eigenvalue weighted by molar-refractivity contribution is 6.30. The van der Waals surface area contributed by atoms with Crippen LogP contribution in [0.1, 0.15) is 25.0 Å². The first-order valence-electron chi connectivity index (χ1n) is 11.5. The van der Waals surface area contributed by atoms with Crippen molar-refractivity contribution >= 4 is 23.4 Å². The SMILES string of the molecule is COc1ccccc1OCC(=O)N(Cc1cccc(Cl)c1)[C@@H](Cc1ccccc1)C(=O)NC(C)C. The fourth-order valence-corrected chi connectivity index (χ4v) is 3.94. The summed E-state index contributed by atoms with van der Waals surface area (Å²) in [6.07, 6.45) is 0.361. The van der Waals surface area contributed by atoms with Gasteiger partial charge in [0.25, 0.3) is 5.91 Å². The zero-order valence-electron chi connectivity index (χ0n) is 20.2. The van der Waals surface area contributed by atoms with Crippen LogP contribution < -0.4 is 14.8 Å². The Kier molecular flexibility index (Phi) is 9.56. The van der Waals surface area contributed by atoms with E-state index in [1.165, 1.54) is 0 Å². The molecule has 3 aromatic carbocycles. The molecule has 0 aliphatic heterocycles. The van der Waals surface area contributed by atoms with Crippen LogP contribution in [-0.4, -0.2) is 42.5 Å². The average Bonchev–Trinajstić information content (AvgIpc) is 2.85. The highest BCUT2D eigenvalue weighted by atomic mass is 35.5. The number of rotatable bonds is 11. The molecule has 0 radical (unpaired) electrons. The van der Waals surface area contributed by atoms with Crippen LogP contribution >= 0.6 is 11.6 Å². The third-order valence-corrected chi connectivity index (χ3v) is 5.60. The van der Waals surface area contributed by atoms with Crippen molar-refractivity contribution < 1.29 is 19.1 Å². The predicted octanol–water partition coefficient (Wildman–Crippen LogP) is 4.89. The van der Waals surface area contributed by atoms with E-state index in [1.54, 1.807) is 42.3 Å². The predicted molar refractivity (Wildman–Crippen MR) is 138 cm³/mol. The number of carbonyl (C=O) groups excluding carboxylic acids is 2. The number of nitrogens with zero attached hydrogens (tertiary/aromatic N) is 1. The molecule has 0 fully saturated rings. The van der Waals surface area contributed by atoms with Crippen LogP contribution in [0.15, 0.2) is 78.9 Å². The van der Waals surface area contributed by atoms with Crippen LogP contribution in [0.3, 0.4) is 0 Å². The molecule has 35 heavy (non-hydrogen) atoms. The second-order valence-electron chi connectivity index (χ2n) is 8.46. The van der Waals surface area contributed by atoms with Gasteiger partial charge in [0.1, 0.15) is 6.04 Å². The number of benzene rings is 3. The molecule has 0 saturated heterocycles. The maximum absolute atomic E-state index is 13.6. The molecule has 1 atom stereocenters. The molecular weight excluding hydrogens is 464 g/mol. The number of halogens is 1. The first-order valence-corrected chi connectivity index (χ1v) is 11.9. The van der Waals surface area contributed by atoms with E-state index in [1.807, 2.05) is 62.4 Å². The Hall–Kier alpha value is -3.51. The van der Waals surface area contributed by atoms with E-state index < -0.39 is 6.04 Å². The fourth-order valence-electron chi connectivity index (χ4n) is 3.73. The van der Waals surface area contributed by atoms with Crippen molar-refractivity contribution in [3.8, 4) is 11.5 Å². The number of nitrogens with one attached hydrogen (secondary N) is 1. The minimum Gasteiger partial charge on any atom is -0.493 e. The van der Waals surface area contributed by atoms with Crippen LogP contribution in [0.25, 0.3) is 0 Å². The summed E-state index contributed by atoms with van der Waals surface area (Å²) in [4.78, 5) is 28.5. The van der Waals surface area contributed by atoms with Gasteiger partial charge in [-0.1, -0.05) is 66.2 Å². The summed E-state index contributed by atoms with van der Waals surface area (Å²) in [7, 11) is 1.54. The van der Waals surface area contributed by atoms with Gasteiger partial charge in [-0.15, -0.1) is 0 Å². The summed E-state index contributed by atoms with van der Waals surface area (Å²) >= 11 is 6.20. The lowest BCUT2D eigenvalue weighted by molar-refractivity contribution is -0.143. The molecule has 7 heteroatoms. The summed E-state index contributed by atoms with van der Waals surface area (Å²) in [5.41, 5.74) is 1.77. The van der Waals surface area contributed by atoms with Crippen molar-refractivity contribution in [1.82, 2.24) is 10.2 Å². The molecule has 0 unspecified atom stereocenters. The molecule has 1 N–H and O–H groups in total. The second-order valence-corrected chi connectivity index (χ2v) is 8.90. The topological polar surface area (TPSA) is 67.9 Å². The molecular formula is C28H31ClN2O4. The molecule has 0 bridgehead atoms. The highest BCUT2D eigenvalue weighted by Gasteiger charge is 2.31. The molecule has 0 heterocycles. The number of para-hydroxylation sites is 2. The Bertz CT molecular complexity index is 1120. The molecule has 3 rings (SSSR count). The van der Waals surface area contributed by atoms with Gasteiger partial charge in [-0.05, 0) is 49.2 Å². The van der Waals surface area contributed by atoms with Crippen molar-refractivity contribution in [3.63, 3.8) is 0 Å². The number of amides is 2. The third-order valence-electron chi connectivity index (χ3n) is 5.36. The number of methoxy groups -OCH3 is 1. The zero-order chi connectivity index (χ0) is 25.2. The molecule has 2 amide bonds. The van der Waals surface area contributed by atoms with Crippen LogP contribution in [-0.2, 0) is 22.6 Å². The normalized spacial score (nSPS) is 11.6. The Morgan fingerprint density at radius 3 is 2.23 bits per heavy atom. The Balaban J connectivity index is 1.92. The lowest BCUT2D eigenvalue weighted by Gasteiger charge is -2.32. The van der Waals surface area contributed by atoms with Gasteiger partial charge >= 0.3 is 0 Å². The molecule has 6 nitrogen and oxygen atoms in total. The Labute approximate surface area is 211 Å². The van der Waals surface area contributed by atoms with Gasteiger partial charge in [0, 0.05) is 24.0 Å². The van der Waals surface area contributed by atoms with Gasteiger partial charge in [-0.3, -0.25) is 9.59 Å². The van der Waals surface area contributed by atoms with E-state index in [9.17, 15) is 9.59 Å². The lowest BCUT2D eigenvalue weighted by Crippen LogP contribution is -2.52. The number of hydrogen-bond donors (Lipinski definition) is 1. The van der Waals surface area contributed by atoms with Gasteiger partial charge in [-0.25, -0.2) is 0 Å². The molecule has 184 valence electrons. The van der Waals surface area contributed by atoms with E-state index in [0.29, 0.717) is 22.9 Å². The van der Waals surface area contributed by atoms with Gasteiger partial charge < -0.3 is 19.7 Å². The standard InChI is InChI=1S/C28H31ClN2O4/c1-20(2)30-28(33)24(17-21-10-5-4-6-11-21)31(18-22-12-9-13-23(29)16-22)27(32)19-35-26-15-8-7-14-25(26)34-3/h4-16,20,24H,17-19H2,1-3H3,(H,30,33)/t24-/m0/s1. The highest BCUT2D eigenvalue weighted by Crippen LogP contribution is 2.26. The van der Waals surface area contributed by atoms with Crippen molar-refractivity contribution in [1.29, 1.82) is 0 Å². The van der Waals surface area contributed by atoms with E-state index in [2.05, 4.69) is 5.32 Å². The van der Waals surface area contributed by atoms with Gasteiger partial charge in [0.15, 0.2) is 18.1 Å². The minimum atomic E-state index is -0.743. The minimum absolute atomic E-state index is 0.0753. The first kappa shape index (κ1) is 26.1. The number of carbonyl (C=O) groups is 2. The van der Waals surface area contributed by atoms with E-state index >= 15 is 0 Å². The summed E-state index contributed by atoms with van der Waals surface area (Å²) in [5.74, 6) is 0.435. The molecule has 0 spiro atoms. The van der Waals surface area contributed by atoms with Gasteiger partial charge in [0.05, 0.1) is 7.11 Å². The monoisotopic (exact) mass is 494 g/mol. The number of ether oxygens (including phenoxy) is 2. The van der Waals surface area contributed by atoms with E-state index in [-0.39, 0.29) is 31.0 Å².